The number of carbonyl (C=O) groups excluding carboxylic acids is 2. The molecule has 1 aliphatic heterocycles. The first-order chi connectivity index (χ1) is 14.4. The number of halogens is 3. The first-order valence-electron chi connectivity index (χ1n) is 9.96. The van der Waals surface area contributed by atoms with E-state index in [9.17, 15) is 22.8 Å². The fourth-order valence-corrected chi connectivity index (χ4v) is 3.40. The minimum Gasteiger partial charge on any atom is -0.490 e. The molecule has 0 saturated carbocycles. The number of benzene rings is 2. The summed E-state index contributed by atoms with van der Waals surface area (Å²) in [5, 5.41) is 2.52. The van der Waals surface area contributed by atoms with Gasteiger partial charge in [0.25, 0.3) is 5.91 Å². The highest BCUT2D eigenvalue weighted by Gasteiger charge is 2.38. The number of nitrogens with zero attached hydrogens (tertiary/aromatic N) is 1. The van der Waals surface area contributed by atoms with Gasteiger partial charge in [0.1, 0.15) is 12.4 Å². The Morgan fingerprint density at radius 1 is 1.19 bits per heavy atom. The highest BCUT2D eigenvalue weighted by atomic mass is 19.4. The SMILES string of the molecule is CC(C)CN1C(=O)C(C)(C)COc2ccc(NC(=O)c3ccccc3C(F)(F)F)cc21. The Bertz CT molecular complexity index is 1000. The molecule has 8 heteroatoms. The third kappa shape index (κ3) is 4.84. The molecule has 2 aromatic carbocycles. The van der Waals surface area contributed by atoms with E-state index in [-0.39, 0.29) is 24.1 Å². The van der Waals surface area contributed by atoms with E-state index in [1.165, 1.54) is 12.1 Å². The number of hydrogen-bond donors (Lipinski definition) is 1. The summed E-state index contributed by atoms with van der Waals surface area (Å²) in [4.78, 5) is 27.3. The summed E-state index contributed by atoms with van der Waals surface area (Å²) in [6, 6.07) is 9.32. The first-order valence-corrected chi connectivity index (χ1v) is 9.96. The van der Waals surface area contributed by atoms with E-state index in [0.29, 0.717) is 18.0 Å². The van der Waals surface area contributed by atoms with Crippen LogP contribution in [0, 0.1) is 11.3 Å². The normalized spacial score (nSPS) is 15.9. The largest absolute Gasteiger partial charge is 0.490 e. The summed E-state index contributed by atoms with van der Waals surface area (Å²) in [5.41, 5.74) is -1.48. The van der Waals surface area contributed by atoms with E-state index in [2.05, 4.69) is 5.32 Å². The second kappa shape index (κ2) is 8.24. The fraction of sp³-hybridized carbons (Fsp3) is 0.391. The van der Waals surface area contributed by atoms with Gasteiger partial charge in [0.2, 0.25) is 5.91 Å². The maximum Gasteiger partial charge on any atom is 0.417 e. The van der Waals surface area contributed by atoms with E-state index >= 15 is 0 Å². The summed E-state index contributed by atoms with van der Waals surface area (Å²) in [6.07, 6.45) is -4.65. The number of fused-ring (bicyclic) bond motifs is 1. The van der Waals surface area contributed by atoms with Gasteiger partial charge in [-0.25, -0.2) is 0 Å². The number of ether oxygens (including phenoxy) is 1. The molecule has 1 N–H and O–H groups in total. The van der Waals surface area contributed by atoms with Crippen LogP contribution in [0.25, 0.3) is 0 Å². The lowest BCUT2D eigenvalue weighted by Crippen LogP contribution is -2.43. The van der Waals surface area contributed by atoms with Crippen LogP contribution in [0.2, 0.25) is 0 Å². The zero-order chi connectivity index (χ0) is 23.0. The molecule has 2 aromatic rings. The van der Waals surface area contributed by atoms with Crippen LogP contribution in [0.15, 0.2) is 42.5 Å². The zero-order valence-electron chi connectivity index (χ0n) is 17.8. The number of rotatable bonds is 4. The summed E-state index contributed by atoms with van der Waals surface area (Å²) >= 11 is 0. The van der Waals surface area contributed by atoms with Gasteiger partial charge in [0, 0.05) is 12.2 Å². The molecule has 1 heterocycles. The number of carbonyl (C=O) groups is 2. The predicted octanol–water partition coefficient (Wildman–Crippen LogP) is 5.37. The Morgan fingerprint density at radius 3 is 2.52 bits per heavy atom. The highest BCUT2D eigenvalue weighted by molar-refractivity contribution is 6.06. The average molecular weight is 434 g/mol. The predicted molar refractivity (Wildman–Crippen MR) is 112 cm³/mol. The van der Waals surface area contributed by atoms with Gasteiger partial charge in [-0.15, -0.1) is 0 Å². The van der Waals surface area contributed by atoms with Crippen molar-refractivity contribution in [3.05, 3.63) is 53.6 Å². The Morgan fingerprint density at radius 2 is 1.87 bits per heavy atom. The van der Waals surface area contributed by atoms with Gasteiger partial charge < -0.3 is 15.0 Å². The van der Waals surface area contributed by atoms with Crippen molar-refractivity contribution in [2.75, 3.05) is 23.4 Å². The number of nitrogens with one attached hydrogen (secondary N) is 1. The molecule has 0 atom stereocenters. The van der Waals surface area contributed by atoms with Gasteiger partial charge in [-0.1, -0.05) is 26.0 Å². The van der Waals surface area contributed by atoms with E-state index < -0.39 is 28.6 Å². The van der Waals surface area contributed by atoms with Crippen LogP contribution in [0.5, 0.6) is 5.75 Å². The molecule has 31 heavy (non-hydrogen) atoms. The van der Waals surface area contributed by atoms with Gasteiger partial charge in [-0.05, 0) is 50.1 Å². The third-order valence-electron chi connectivity index (χ3n) is 4.95. The molecule has 3 rings (SSSR count). The molecule has 0 bridgehead atoms. The molecule has 2 amide bonds. The molecule has 0 radical (unpaired) electrons. The Labute approximate surface area is 179 Å². The zero-order valence-corrected chi connectivity index (χ0v) is 17.8. The molecule has 0 aromatic heterocycles. The van der Waals surface area contributed by atoms with Crippen molar-refractivity contribution in [3.8, 4) is 5.75 Å². The molecule has 5 nitrogen and oxygen atoms in total. The molecule has 0 saturated heterocycles. The van der Waals surface area contributed by atoms with Gasteiger partial charge in [0.05, 0.1) is 22.2 Å². The molecule has 0 spiro atoms. The lowest BCUT2D eigenvalue weighted by Gasteiger charge is -2.29. The molecular weight excluding hydrogens is 409 g/mol. The van der Waals surface area contributed by atoms with E-state index in [4.69, 9.17) is 4.74 Å². The highest BCUT2D eigenvalue weighted by Crippen LogP contribution is 2.39. The Kier molecular flexibility index (Phi) is 6.02. The lowest BCUT2D eigenvalue weighted by atomic mass is 9.92. The number of anilines is 2. The van der Waals surface area contributed by atoms with E-state index in [1.807, 2.05) is 13.8 Å². The molecule has 166 valence electrons. The Balaban J connectivity index is 1.97. The van der Waals surface area contributed by atoms with Gasteiger partial charge >= 0.3 is 6.18 Å². The van der Waals surface area contributed by atoms with Crippen molar-refractivity contribution in [2.45, 2.75) is 33.9 Å². The molecule has 0 fully saturated rings. The number of alkyl halides is 3. The van der Waals surface area contributed by atoms with E-state index in [1.54, 1.807) is 36.9 Å². The standard InChI is InChI=1S/C23H25F3N2O3/c1-14(2)12-28-18-11-15(9-10-19(18)31-13-22(3,4)21(28)30)27-20(29)16-7-5-6-8-17(16)23(24,25)26/h5-11,14H,12-13H2,1-4H3,(H,27,29). The molecule has 0 unspecified atom stereocenters. The van der Waals surface area contributed by atoms with Crippen LogP contribution in [0.3, 0.4) is 0 Å². The van der Waals surface area contributed by atoms with Crippen LogP contribution in [0.1, 0.15) is 43.6 Å². The lowest BCUT2D eigenvalue weighted by molar-refractivity contribution is -0.137. The van der Waals surface area contributed by atoms with Gasteiger partial charge in [-0.2, -0.15) is 13.2 Å². The fourth-order valence-electron chi connectivity index (χ4n) is 3.40. The average Bonchev–Trinajstić information content (AvgIpc) is 2.77. The maximum absolute atomic E-state index is 13.3. The molecule has 1 aliphatic rings. The second-order valence-corrected chi connectivity index (χ2v) is 8.66. The van der Waals surface area contributed by atoms with Crippen molar-refractivity contribution in [3.63, 3.8) is 0 Å². The van der Waals surface area contributed by atoms with Crippen LogP contribution in [-0.4, -0.2) is 25.0 Å². The summed E-state index contributed by atoms with van der Waals surface area (Å²) in [6.45, 7) is 8.18. The smallest absolute Gasteiger partial charge is 0.417 e. The topological polar surface area (TPSA) is 58.6 Å². The second-order valence-electron chi connectivity index (χ2n) is 8.66. The number of amides is 2. The monoisotopic (exact) mass is 434 g/mol. The third-order valence-corrected chi connectivity index (χ3v) is 4.95. The van der Waals surface area contributed by atoms with Gasteiger partial charge in [0.15, 0.2) is 0 Å². The van der Waals surface area contributed by atoms with Crippen LogP contribution in [0.4, 0.5) is 24.5 Å². The summed E-state index contributed by atoms with van der Waals surface area (Å²) in [7, 11) is 0. The number of hydrogen-bond acceptors (Lipinski definition) is 3. The Hall–Kier alpha value is -3.03. The first kappa shape index (κ1) is 22.7. The van der Waals surface area contributed by atoms with Crippen molar-refractivity contribution in [2.24, 2.45) is 11.3 Å². The summed E-state index contributed by atoms with van der Waals surface area (Å²) in [5.74, 6) is -0.355. The quantitative estimate of drug-likeness (QED) is 0.704. The maximum atomic E-state index is 13.3. The minimum atomic E-state index is -4.65. The van der Waals surface area contributed by atoms with Crippen LogP contribution >= 0.6 is 0 Å². The van der Waals surface area contributed by atoms with E-state index in [0.717, 1.165) is 12.1 Å². The minimum absolute atomic E-state index is 0.120. The molecular formula is C23H25F3N2O3. The summed E-state index contributed by atoms with van der Waals surface area (Å²) < 4.78 is 45.6. The van der Waals surface area contributed by atoms with Crippen molar-refractivity contribution < 1.29 is 27.5 Å². The molecule has 0 aliphatic carbocycles. The van der Waals surface area contributed by atoms with Crippen molar-refractivity contribution >= 4 is 23.2 Å². The van der Waals surface area contributed by atoms with Crippen molar-refractivity contribution in [1.29, 1.82) is 0 Å². The van der Waals surface area contributed by atoms with Crippen molar-refractivity contribution in [1.82, 2.24) is 0 Å². The van der Waals surface area contributed by atoms with Crippen LogP contribution < -0.4 is 15.0 Å². The van der Waals surface area contributed by atoms with Gasteiger partial charge in [-0.3, -0.25) is 9.59 Å². The van der Waals surface area contributed by atoms with Crippen LogP contribution in [-0.2, 0) is 11.0 Å².